The second kappa shape index (κ2) is 8.21. The van der Waals surface area contributed by atoms with E-state index >= 15 is 0 Å². The smallest absolute Gasteiger partial charge is 0.251 e. The van der Waals surface area contributed by atoms with E-state index in [1.807, 2.05) is 0 Å². The minimum Gasteiger partial charge on any atom is -0.439 e. The molecule has 2 aromatic rings. The predicted octanol–water partition coefficient (Wildman–Crippen LogP) is 3.04. The Kier molecular flexibility index (Phi) is 5.49. The number of pyridine rings is 1. The van der Waals surface area contributed by atoms with E-state index in [2.05, 4.69) is 27.4 Å². The SMILES string of the molecule is CC(=O)Nc1cccc(Oc2ccc(C(=O)N[C@@H]3C4CCN(CC4)[C@@H]3C)cc2)n1. The van der Waals surface area contributed by atoms with Crippen molar-refractivity contribution in [2.45, 2.75) is 38.8 Å². The Bertz CT molecular complexity index is 889. The molecule has 7 nitrogen and oxygen atoms in total. The first kappa shape index (κ1) is 19.4. The predicted molar refractivity (Wildman–Crippen MR) is 110 cm³/mol. The lowest BCUT2D eigenvalue weighted by atomic mass is 9.79. The third-order valence-electron chi connectivity index (χ3n) is 5.84. The maximum Gasteiger partial charge on any atom is 0.251 e. The molecule has 0 aliphatic carbocycles. The number of hydrogen-bond acceptors (Lipinski definition) is 5. The number of fused-ring (bicyclic) bond motifs is 3. The van der Waals surface area contributed by atoms with E-state index in [1.165, 1.54) is 6.92 Å². The van der Waals surface area contributed by atoms with Crippen LogP contribution in [-0.2, 0) is 4.79 Å². The van der Waals surface area contributed by atoms with Gasteiger partial charge < -0.3 is 15.4 Å². The molecule has 3 fully saturated rings. The molecule has 0 saturated carbocycles. The van der Waals surface area contributed by atoms with E-state index in [0.717, 1.165) is 25.9 Å². The summed E-state index contributed by atoms with van der Waals surface area (Å²) < 4.78 is 5.74. The lowest BCUT2D eigenvalue weighted by Gasteiger charge is -2.49. The van der Waals surface area contributed by atoms with Gasteiger partial charge in [0.1, 0.15) is 11.6 Å². The fraction of sp³-hybridized carbons (Fsp3) is 0.409. The third kappa shape index (κ3) is 4.40. The Morgan fingerprint density at radius 1 is 1.10 bits per heavy atom. The molecular formula is C22H26N4O3. The molecule has 1 aromatic heterocycles. The summed E-state index contributed by atoms with van der Waals surface area (Å²) in [5.41, 5.74) is 0.612. The van der Waals surface area contributed by atoms with Crippen LogP contribution in [0.15, 0.2) is 42.5 Å². The average Bonchev–Trinajstić information content (AvgIpc) is 2.71. The molecular weight excluding hydrogens is 368 g/mol. The minimum atomic E-state index is -0.192. The molecule has 3 aliphatic heterocycles. The third-order valence-corrected chi connectivity index (χ3v) is 5.84. The van der Waals surface area contributed by atoms with Crippen molar-refractivity contribution in [3.05, 3.63) is 48.0 Å². The van der Waals surface area contributed by atoms with Crippen LogP contribution >= 0.6 is 0 Å². The summed E-state index contributed by atoms with van der Waals surface area (Å²) in [6.07, 6.45) is 2.32. The number of carbonyl (C=O) groups is 2. The van der Waals surface area contributed by atoms with Gasteiger partial charge in [-0.15, -0.1) is 0 Å². The van der Waals surface area contributed by atoms with E-state index in [-0.39, 0.29) is 17.9 Å². The second-order valence-electron chi connectivity index (χ2n) is 7.78. The molecule has 0 unspecified atom stereocenters. The number of carbonyl (C=O) groups excluding carboxylic acids is 2. The number of benzene rings is 1. The maximum absolute atomic E-state index is 12.7. The van der Waals surface area contributed by atoms with E-state index in [4.69, 9.17) is 4.74 Å². The lowest BCUT2D eigenvalue weighted by molar-refractivity contribution is -0.114. The van der Waals surface area contributed by atoms with Gasteiger partial charge in [-0.1, -0.05) is 6.07 Å². The molecule has 152 valence electrons. The molecule has 0 spiro atoms. The summed E-state index contributed by atoms with van der Waals surface area (Å²) in [6, 6.07) is 12.8. The van der Waals surface area contributed by atoms with E-state index in [9.17, 15) is 9.59 Å². The number of nitrogens with one attached hydrogen (secondary N) is 2. The summed E-state index contributed by atoms with van der Waals surface area (Å²) in [4.78, 5) is 30.6. The first-order chi connectivity index (χ1) is 14.0. The van der Waals surface area contributed by atoms with Crippen LogP contribution in [0.2, 0.25) is 0 Å². The first-order valence-corrected chi connectivity index (χ1v) is 10.1. The van der Waals surface area contributed by atoms with Crippen LogP contribution in [0.5, 0.6) is 11.6 Å². The lowest BCUT2D eigenvalue weighted by Crippen LogP contribution is -2.62. The van der Waals surface area contributed by atoms with Gasteiger partial charge in [0.05, 0.1) is 0 Å². The minimum absolute atomic E-state index is 0.0482. The number of rotatable bonds is 5. The molecule has 2 amide bonds. The molecule has 29 heavy (non-hydrogen) atoms. The number of aromatic nitrogens is 1. The zero-order chi connectivity index (χ0) is 20.4. The molecule has 7 heteroatoms. The molecule has 4 heterocycles. The van der Waals surface area contributed by atoms with Crippen molar-refractivity contribution < 1.29 is 14.3 Å². The van der Waals surface area contributed by atoms with Crippen molar-refractivity contribution in [3.8, 4) is 11.6 Å². The van der Waals surface area contributed by atoms with Crippen molar-refractivity contribution in [2.24, 2.45) is 5.92 Å². The highest BCUT2D eigenvalue weighted by Crippen LogP contribution is 2.32. The van der Waals surface area contributed by atoms with E-state index < -0.39 is 0 Å². The zero-order valence-electron chi connectivity index (χ0n) is 16.7. The van der Waals surface area contributed by atoms with Crippen molar-refractivity contribution in [1.82, 2.24) is 15.2 Å². The Hall–Kier alpha value is -2.93. The summed E-state index contributed by atoms with van der Waals surface area (Å²) in [6.45, 7) is 5.91. The molecule has 5 rings (SSSR count). The van der Waals surface area contributed by atoms with Gasteiger partial charge >= 0.3 is 0 Å². The molecule has 2 bridgehead atoms. The van der Waals surface area contributed by atoms with Crippen molar-refractivity contribution in [2.75, 3.05) is 18.4 Å². The van der Waals surface area contributed by atoms with Gasteiger partial charge in [-0.3, -0.25) is 14.5 Å². The number of hydrogen-bond donors (Lipinski definition) is 2. The van der Waals surface area contributed by atoms with Crippen molar-refractivity contribution in [1.29, 1.82) is 0 Å². The topological polar surface area (TPSA) is 83.6 Å². The van der Waals surface area contributed by atoms with Gasteiger partial charge in [-0.05, 0) is 69.1 Å². The number of anilines is 1. The highest BCUT2D eigenvalue weighted by molar-refractivity contribution is 5.94. The van der Waals surface area contributed by atoms with Gasteiger partial charge in [-0.2, -0.15) is 4.98 Å². The van der Waals surface area contributed by atoms with E-state index in [1.54, 1.807) is 42.5 Å². The summed E-state index contributed by atoms with van der Waals surface area (Å²) in [7, 11) is 0. The van der Waals surface area contributed by atoms with Crippen LogP contribution in [0.25, 0.3) is 0 Å². The summed E-state index contributed by atoms with van der Waals surface area (Å²) in [5.74, 6) is 1.70. The Balaban J connectivity index is 1.39. The first-order valence-electron chi connectivity index (χ1n) is 10.1. The van der Waals surface area contributed by atoms with E-state index in [0.29, 0.717) is 35.0 Å². The average molecular weight is 394 g/mol. The number of nitrogens with zero attached hydrogens (tertiary/aromatic N) is 2. The van der Waals surface area contributed by atoms with Gasteiger partial charge in [0.25, 0.3) is 5.91 Å². The standard InChI is InChI=1S/C22H26N4O3/c1-14-21(16-10-12-26(14)13-11-16)25-22(28)17-6-8-18(9-7-17)29-20-5-3-4-19(24-20)23-15(2)27/h3-9,14,16,21H,10-13H2,1-2H3,(H,25,28)(H,23,24,27)/t14-,21+/m1/s1. The highest BCUT2D eigenvalue weighted by atomic mass is 16.5. The zero-order valence-corrected chi connectivity index (χ0v) is 16.7. The van der Waals surface area contributed by atoms with Crippen LogP contribution in [0.1, 0.15) is 37.0 Å². The van der Waals surface area contributed by atoms with Gasteiger partial charge in [0, 0.05) is 30.6 Å². The van der Waals surface area contributed by atoms with Crippen LogP contribution in [-0.4, -0.2) is 46.9 Å². The molecule has 2 atom stereocenters. The van der Waals surface area contributed by atoms with Gasteiger partial charge in [0.2, 0.25) is 11.8 Å². The molecule has 2 N–H and O–H groups in total. The summed E-state index contributed by atoms with van der Waals surface area (Å²) in [5, 5.41) is 5.86. The molecule has 3 saturated heterocycles. The number of piperidine rings is 3. The van der Waals surface area contributed by atoms with Crippen molar-refractivity contribution >= 4 is 17.6 Å². The Morgan fingerprint density at radius 3 is 2.48 bits per heavy atom. The van der Waals surface area contributed by atoms with Crippen LogP contribution in [0.3, 0.4) is 0 Å². The molecule has 0 radical (unpaired) electrons. The Labute approximate surface area is 170 Å². The number of ether oxygens (including phenoxy) is 1. The number of amides is 2. The van der Waals surface area contributed by atoms with Crippen LogP contribution in [0.4, 0.5) is 5.82 Å². The fourth-order valence-electron chi connectivity index (χ4n) is 4.30. The molecule has 3 aliphatic rings. The van der Waals surface area contributed by atoms with Gasteiger partial charge in [-0.25, -0.2) is 0 Å². The Morgan fingerprint density at radius 2 is 1.83 bits per heavy atom. The highest BCUT2D eigenvalue weighted by Gasteiger charge is 2.40. The fourth-order valence-corrected chi connectivity index (χ4v) is 4.30. The van der Waals surface area contributed by atoms with Gasteiger partial charge in [0.15, 0.2) is 0 Å². The van der Waals surface area contributed by atoms with Crippen LogP contribution in [0, 0.1) is 5.92 Å². The van der Waals surface area contributed by atoms with Crippen molar-refractivity contribution in [3.63, 3.8) is 0 Å². The quantitative estimate of drug-likeness (QED) is 0.814. The summed E-state index contributed by atoms with van der Waals surface area (Å²) >= 11 is 0. The maximum atomic E-state index is 12.7. The molecule has 1 aromatic carbocycles. The second-order valence-corrected chi connectivity index (χ2v) is 7.78. The largest absolute Gasteiger partial charge is 0.439 e. The van der Waals surface area contributed by atoms with Crippen LogP contribution < -0.4 is 15.4 Å². The monoisotopic (exact) mass is 394 g/mol. The normalized spacial score (nSPS) is 25.3.